The van der Waals surface area contributed by atoms with Crippen LogP contribution in [0.25, 0.3) is 0 Å². The van der Waals surface area contributed by atoms with E-state index in [0.717, 1.165) is 43.6 Å². The van der Waals surface area contributed by atoms with Gasteiger partial charge < -0.3 is 9.42 Å². The van der Waals surface area contributed by atoms with E-state index in [9.17, 15) is 13.6 Å². The van der Waals surface area contributed by atoms with Crippen molar-refractivity contribution in [1.29, 1.82) is 0 Å². The van der Waals surface area contributed by atoms with Crippen molar-refractivity contribution in [1.82, 2.24) is 10.1 Å². The van der Waals surface area contributed by atoms with Crippen LogP contribution in [0.1, 0.15) is 54.0 Å². The van der Waals surface area contributed by atoms with Crippen molar-refractivity contribution >= 4 is 17.5 Å². The molecule has 1 aliphatic heterocycles. The van der Waals surface area contributed by atoms with Crippen LogP contribution in [0.3, 0.4) is 0 Å². The fraction of sp³-hybridized carbons (Fsp3) is 0.412. The first-order valence-electron chi connectivity index (χ1n) is 7.92. The maximum atomic E-state index is 13.5. The topological polar surface area (TPSA) is 46.3 Å². The van der Waals surface area contributed by atoms with Gasteiger partial charge in [0.15, 0.2) is 11.6 Å². The van der Waals surface area contributed by atoms with Crippen molar-refractivity contribution in [3.63, 3.8) is 0 Å². The van der Waals surface area contributed by atoms with Crippen LogP contribution in [0, 0.1) is 11.6 Å². The van der Waals surface area contributed by atoms with Crippen LogP contribution in [-0.2, 0) is 6.42 Å². The maximum Gasteiger partial charge on any atom is 0.256 e. The fourth-order valence-corrected chi connectivity index (χ4v) is 3.24. The zero-order valence-corrected chi connectivity index (χ0v) is 13.9. The van der Waals surface area contributed by atoms with E-state index < -0.39 is 17.5 Å². The summed E-state index contributed by atoms with van der Waals surface area (Å²) < 4.78 is 32.0. The minimum Gasteiger partial charge on any atom is -0.361 e. The van der Waals surface area contributed by atoms with E-state index in [2.05, 4.69) is 5.16 Å². The molecule has 0 saturated carbocycles. The molecule has 4 nitrogen and oxygen atoms in total. The van der Waals surface area contributed by atoms with Crippen molar-refractivity contribution in [2.75, 3.05) is 6.54 Å². The molecular weight excluding hydrogens is 338 g/mol. The number of nitrogens with zero attached hydrogens (tertiary/aromatic N) is 2. The number of benzene rings is 1. The molecule has 0 radical (unpaired) electrons. The van der Waals surface area contributed by atoms with Crippen LogP contribution in [0.15, 0.2) is 22.7 Å². The number of carbonyl (C=O) groups is 1. The number of aryl methyl sites for hydroxylation is 1. The summed E-state index contributed by atoms with van der Waals surface area (Å²) in [6, 6.07) is 3.29. The van der Waals surface area contributed by atoms with Gasteiger partial charge in [0.25, 0.3) is 5.91 Å². The van der Waals surface area contributed by atoms with Crippen LogP contribution in [0.4, 0.5) is 8.78 Å². The normalized spacial score (nSPS) is 17.5. The highest BCUT2D eigenvalue weighted by molar-refractivity contribution is 6.33. The van der Waals surface area contributed by atoms with Gasteiger partial charge in [-0.3, -0.25) is 4.79 Å². The summed E-state index contributed by atoms with van der Waals surface area (Å²) in [5, 5.41) is 3.96. The number of hydrogen-bond donors (Lipinski definition) is 0. The highest BCUT2D eigenvalue weighted by Crippen LogP contribution is 2.34. The number of halogens is 3. The van der Waals surface area contributed by atoms with Crippen LogP contribution in [-0.4, -0.2) is 22.5 Å². The summed E-state index contributed by atoms with van der Waals surface area (Å²) in [5.74, 6) is -1.82. The summed E-state index contributed by atoms with van der Waals surface area (Å²) in [5.41, 5.74) is 0.641. The molecule has 0 spiro atoms. The number of likely N-dealkylation sites (tertiary alicyclic amines) is 1. The number of rotatable bonds is 4. The molecule has 1 aliphatic rings. The summed E-state index contributed by atoms with van der Waals surface area (Å²) in [4.78, 5) is 14.3. The summed E-state index contributed by atoms with van der Waals surface area (Å²) in [6.07, 6.45) is 3.26. The third kappa shape index (κ3) is 3.15. The Hall–Kier alpha value is -1.95. The van der Waals surface area contributed by atoms with Gasteiger partial charge in [0.1, 0.15) is 11.5 Å². The molecule has 3 rings (SSSR count). The zero-order chi connectivity index (χ0) is 17.3. The molecule has 24 heavy (non-hydrogen) atoms. The Balaban J connectivity index is 1.87. The first-order chi connectivity index (χ1) is 11.5. The van der Waals surface area contributed by atoms with E-state index in [1.54, 1.807) is 4.90 Å². The molecule has 128 valence electrons. The van der Waals surface area contributed by atoms with E-state index in [1.165, 1.54) is 0 Å². The third-order valence-corrected chi connectivity index (χ3v) is 4.48. The van der Waals surface area contributed by atoms with E-state index in [0.29, 0.717) is 12.2 Å². The summed E-state index contributed by atoms with van der Waals surface area (Å²) in [6.45, 7) is 2.55. The first-order valence-corrected chi connectivity index (χ1v) is 8.30. The number of amides is 1. The first kappa shape index (κ1) is 16.9. The minimum absolute atomic E-state index is 0.0419. The molecule has 0 unspecified atom stereocenters. The molecule has 1 atom stereocenters. The van der Waals surface area contributed by atoms with Gasteiger partial charge in [-0.1, -0.05) is 23.7 Å². The Morgan fingerprint density at radius 1 is 1.38 bits per heavy atom. The Morgan fingerprint density at radius 2 is 2.12 bits per heavy atom. The maximum absolute atomic E-state index is 13.5. The molecule has 1 saturated heterocycles. The predicted octanol–water partition coefficient (Wildman–Crippen LogP) is 4.54. The second-order valence-corrected chi connectivity index (χ2v) is 6.28. The molecule has 0 aliphatic carbocycles. The van der Waals surface area contributed by atoms with Crippen LogP contribution in [0.5, 0.6) is 0 Å². The summed E-state index contributed by atoms with van der Waals surface area (Å²) >= 11 is 5.93. The van der Waals surface area contributed by atoms with Crippen LogP contribution >= 0.6 is 11.6 Å². The van der Waals surface area contributed by atoms with Gasteiger partial charge in [0.2, 0.25) is 0 Å². The van der Waals surface area contributed by atoms with Crippen molar-refractivity contribution in [3.8, 4) is 0 Å². The molecule has 0 bridgehead atoms. The van der Waals surface area contributed by atoms with Gasteiger partial charge in [-0.05, 0) is 31.4 Å². The predicted molar refractivity (Wildman–Crippen MR) is 84.9 cm³/mol. The van der Waals surface area contributed by atoms with Crippen LogP contribution < -0.4 is 0 Å². The lowest BCUT2D eigenvalue weighted by atomic mass is 10.1. The molecule has 0 N–H and O–H groups in total. The van der Waals surface area contributed by atoms with E-state index in [1.807, 2.05) is 13.0 Å². The van der Waals surface area contributed by atoms with E-state index in [4.69, 9.17) is 16.1 Å². The second-order valence-electron chi connectivity index (χ2n) is 5.87. The molecule has 2 heterocycles. The SMILES string of the molecule is CCCc1cc([C@@H]2CCCN2C(=O)c2cc(F)c(F)cc2Cl)no1. The number of aromatic nitrogens is 1. The second kappa shape index (κ2) is 6.89. The van der Waals surface area contributed by atoms with Gasteiger partial charge in [-0.25, -0.2) is 8.78 Å². The van der Waals surface area contributed by atoms with E-state index in [-0.39, 0.29) is 16.6 Å². The third-order valence-electron chi connectivity index (χ3n) is 4.17. The lowest BCUT2D eigenvalue weighted by molar-refractivity contribution is 0.0730. The zero-order valence-electron chi connectivity index (χ0n) is 13.2. The van der Waals surface area contributed by atoms with Gasteiger partial charge in [0, 0.05) is 19.0 Å². The number of carbonyl (C=O) groups excluding carboxylic acids is 1. The molecule has 1 aromatic carbocycles. The summed E-state index contributed by atoms with van der Waals surface area (Å²) in [7, 11) is 0. The Labute approximate surface area is 143 Å². The number of hydrogen-bond acceptors (Lipinski definition) is 3. The Kier molecular flexibility index (Phi) is 4.85. The lowest BCUT2D eigenvalue weighted by Gasteiger charge is -2.23. The lowest BCUT2D eigenvalue weighted by Crippen LogP contribution is -2.31. The molecular formula is C17H17ClF2N2O2. The quantitative estimate of drug-likeness (QED) is 0.757. The Morgan fingerprint density at radius 3 is 2.88 bits per heavy atom. The fourth-order valence-electron chi connectivity index (χ4n) is 3.01. The average molecular weight is 355 g/mol. The van der Waals surface area contributed by atoms with Gasteiger partial charge in [-0.15, -0.1) is 0 Å². The monoisotopic (exact) mass is 354 g/mol. The largest absolute Gasteiger partial charge is 0.361 e. The van der Waals surface area contributed by atoms with Crippen molar-refractivity contribution in [2.45, 2.75) is 38.6 Å². The van der Waals surface area contributed by atoms with Gasteiger partial charge in [-0.2, -0.15) is 0 Å². The van der Waals surface area contributed by atoms with Gasteiger partial charge in [0.05, 0.1) is 16.6 Å². The molecule has 7 heteroatoms. The molecule has 2 aromatic rings. The standard InChI is InChI=1S/C17H17ClF2N2O2/c1-2-4-10-7-15(21-24-10)16-5-3-6-22(16)17(23)11-8-13(19)14(20)9-12(11)18/h7-9,16H,2-6H2,1H3/t16-/m0/s1. The van der Waals surface area contributed by atoms with Crippen LogP contribution in [0.2, 0.25) is 5.02 Å². The van der Waals surface area contributed by atoms with Gasteiger partial charge >= 0.3 is 0 Å². The molecule has 1 fully saturated rings. The molecule has 1 amide bonds. The Bertz CT molecular complexity index is 763. The van der Waals surface area contributed by atoms with E-state index >= 15 is 0 Å². The highest BCUT2D eigenvalue weighted by Gasteiger charge is 2.34. The minimum atomic E-state index is -1.09. The van der Waals surface area contributed by atoms with Crippen molar-refractivity contribution in [3.05, 3.63) is 51.9 Å². The smallest absolute Gasteiger partial charge is 0.256 e. The van der Waals surface area contributed by atoms with Crippen molar-refractivity contribution < 1.29 is 18.1 Å². The van der Waals surface area contributed by atoms with Crippen molar-refractivity contribution in [2.24, 2.45) is 0 Å². The average Bonchev–Trinajstić information content (AvgIpc) is 3.19. The highest BCUT2D eigenvalue weighted by atomic mass is 35.5. The molecule has 1 aromatic heterocycles.